The van der Waals surface area contributed by atoms with Crippen LogP contribution in [0.1, 0.15) is 64.1 Å². The minimum absolute atomic E-state index is 0.253. The van der Waals surface area contributed by atoms with E-state index in [0.29, 0.717) is 30.2 Å². The fraction of sp³-hybridized carbons (Fsp3) is 0.639. The van der Waals surface area contributed by atoms with Crippen LogP contribution in [-0.4, -0.2) is 130 Å². The highest BCUT2D eigenvalue weighted by Crippen LogP contribution is 2.33. The second-order valence-corrected chi connectivity index (χ2v) is 15.6. The average molecular weight is 704 g/mol. The van der Waals surface area contributed by atoms with E-state index >= 15 is 0 Å². The van der Waals surface area contributed by atoms with Gasteiger partial charge in [-0.15, -0.1) is 0 Å². The molecule has 1 amide bonds. The summed E-state index contributed by atoms with van der Waals surface area (Å²) in [5, 5.41) is 22.4. The van der Waals surface area contributed by atoms with Crippen molar-refractivity contribution in [1.29, 1.82) is 0 Å². The van der Waals surface area contributed by atoms with Crippen molar-refractivity contribution in [3.8, 4) is 0 Å². The first-order valence-corrected chi connectivity index (χ1v) is 18.4. The number of nitrogen functional groups attached to an aromatic ring is 1. The first-order chi connectivity index (χ1) is 24.4. The van der Waals surface area contributed by atoms with Crippen LogP contribution in [0, 0.1) is 11.3 Å². The van der Waals surface area contributed by atoms with Crippen LogP contribution in [0.3, 0.4) is 0 Å². The maximum atomic E-state index is 11.9. The number of aromatic nitrogens is 6. The number of hydrogen-bond donors (Lipinski definition) is 5. The summed E-state index contributed by atoms with van der Waals surface area (Å²) in [4.78, 5) is 40.4. The van der Waals surface area contributed by atoms with Crippen molar-refractivity contribution in [1.82, 2.24) is 44.2 Å². The molecule has 1 aromatic carbocycles. The van der Waals surface area contributed by atoms with Crippen molar-refractivity contribution in [2.75, 3.05) is 51.5 Å². The number of aliphatic hydroxyl groups is 2. The standard InChI is InChI=1S/C36H53N11O4/c1-22-6-10-44(11-7-22)14-15-46(18-27-30(48)31(49)34(51-27)47-21-41-29-32(37)39-20-40-33(29)47)24-8-12-45(13-9-24)19-28-42-25-5-4-23(16-26(25)43-28)17-36(2,3)35(38)50/h4-5,16,20-22,24,27,30-31,34,48-49H,6-15,17-19H2,1-3H3,(H2,38,50)(H,42,43)(H2,37,39,40)/t27-,30-,31-,34-/m1/s1. The average Bonchev–Trinajstić information content (AvgIpc) is 3.79. The highest BCUT2D eigenvalue weighted by molar-refractivity contribution is 5.81. The Morgan fingerprint density at radius 1 is 1.06 bits per heavy atom. The van der Waals surface area contributed by atoms with Gasteiger partial charge in [0.15, 0.2) is 17.7 Å². The molecule has 6 heterocycles. The SMILES string of the molecule is CC1CCN(CCN(C[C@H]2O[C@@H](n3cnc4c(N)ncnc43)[C@H](O)[C@@H]2O)C2CCN(Cc3nc4ccc(CC(C)(C)C(N)=O)cc4[nH]3)CC2)CC1. The molecule has 3 aliphatic heterocycles. The van der Waals surface area contributed by atoms with E-state index in [-0.39, 0.29) is 11.7 Å². The Morgan fingerprint density at radius 3 is 2.55 bits per heavy atom. The molecule has 15 nitrogen and oxygen atoms in total. The second kappa shape index (κ2) is 14.7. The van der Waals surface area contributed by atoms with Gasteiger partial charge in [0, 0.05) is 44.2 Å². The Labute approximate surface area is 298 Å². The third-order valence-corrected chi connectivity index (χ3v) is 11.3. The van der Waals surface area contributed by atoms with E-state index in [9.17, 15) is 15.0 Å². The number of aromatic amines is 1. The van der Waals surface area contributed by atoms with Crippen LogP contribution in [0.15, 0.2) is 30.9 Å². The topological polar surface area (TPSA) is 201 Å². The number of benzene rings is 1. The van der Waals surface area contributed by atoms with Crippen molar-refractivity contribution in [2.45, 2.75) is 90.0 Å². The number of ether oxygens (including phenoxy) is 1. The van der Waals surface area contributed by atoms with E-state index < -0.39 is 30.0 Å². The summed E-state index contributed by atoms with van der Waals surface area (Å²) in [7, 11) is 0. The molecular formula is C36H53N11O4. The second-order valence-electron chi connectivity index (χ2n) is 15.6. The van der Waals surface area contributed by atoms with Gasteiger partial charge in [0.1, 0.15) is 36.0 Å². The minimum atomic E-state index is -1.15. The first-order valence-electron chi connectivity index (χ1n) is 18.4. The molecule has 0 saturated carbocycles. The number of imidazole rings is 2. The lowest BCUT2D eigenvalue weighted by molar-refractivity contribution is -0.125. The molecule has 0 radical (unpaired) electrons. The van der Waals surface area contributed by atoms with Crippen LogP contribution in [0.2, 0.25) is 0 Å². The lowest BCUT2D eigenvalue weighted by Gasteiger charge is -2.41. The Morgan fingerprint density at radius 2 is 1.80 bits per heavy atom. The summed E-state index contributed by atoms with van der Waals surface area (Å²) in [6.45, 7) is 13.2. The molecule has 3 saturated heterocycles. The monoisotopic (exact) mass is 703 g/mol. The van der Waals surface area contributed by atoms with Crippen molar-refractivity contribution >= 4 is 33.9 Å². The molecule has 3 aliphatic rings. The zero-order valence-electron chi connectivity index (χ0n) is 30.0. The normalized spacial score (nSPS) is 24.7. The molecule has 0 bridgehead atoms. The molecule has 3 fully saturated rings. The zero-order valence-corrected chi connectivity index (χ0v) is 30.0. The quantitative estimate of drug-likeness (QED) is 0.143. The predicted octanol–water partition coefficient (Wildman–Crippen LogP) is 1.66. The molecule has 7 rings (SSSR count). The van der Waals surface area contributed by atoms with E-state index in [1.165, 1.54) is 25.5 Å². The van der Waals surface area contributed by atoms with Crippen molar-refractivity contribution in [3.63, 3.8) is 0 Å². The zero-order chi connectivity index (χ0) is 35.9. The number of nitrogens with zero attached hydrogens (tertiary/aromatic N) is 8. The van der Waals surface area contributed by atoms with Crippen LogP contribution in [0.5, 0.6) is 0 Å². The number of nitrogens with one attached hydrogen (secondary N) is 1. The molecule has 7 N–H and O–H groups in total. The van der Waals surface area contributed by atoms with Gasteiger partial charge in [0.25, 0.3) is 0 Å². The maximum Gasteiger partial charge on any atom is 0.223 e. The van der Waals surface area contributed by atoms with Crippen LogP contribution in [-0.2, 0) is 22.5 Å². The highest BCUT2D eigenvalue weighted by atomic mass is 16.6. The van der Waals surface area contributed by atoms with Crippen LogP contribution < -0.4 is 11.5 Å². The van der Waals surface area contributed by atoms with Gasteiger partial charge in [-0.25, -0.2) is 19.9 Å². The Balaban J connectivity index is 1.00. The number of carbonyl (C=O) groups is 1. The number of fused-ring (bicyclic) bond motifs is 2. The molecule has 15 heteroatoms. The minimum Gasteiger partial charge on any atom is -0.387 e. The van der Waals surface area contributed by atoms with E-state index in [1.807, 2.05) is 26.0 Å². The molecule has 51 heavy (non-hydrogen) atoms. The van der Waals surface area contributed by atoms with Crippen molar-refractivity contribution in [3.05, 3.63) is 42.2 Å². The third kappa shape index (κ3) is 7.74. The maximum absolute atomic E-state index is 11.9. The molecule has 276 valence electrons. The lowest BCUT2D eigenvalue weighted by Crippen LogP contribution is -2.51. The number of amides is 1. The van der Waals surface area contributed by atoms with Crippen molar-refractivity contribution in [2.24, 2.45) is 17.1 Å². The molecule has 3 aromatic heterocycles. The van der Waals surface area contributed by atoms with Gasteiger partial charge in [0.05, 0.1) is 23.9 Å². The molecule has 0 spiro atoms. The van der Waals surface area contributed by atoms with Crippen LogP contribution >= 0.6 is 0 Å². The van der Waals surface area contributed by atoms with Crippen molar-refractivity contribution < 1.29 is 19.7 Å². The number of piperidine rings is 2. The Hall–Kier alpha value is -3.73. The molecule has 4 aromatic rings. The summed E-state index contributed by atoms with van der Waals surface area (Å²) in [5.74, 6) is 1.63. The van der Waals surface area contributed by atoms with E-state index in [4.69, 9.17) is 21.2 Å². The summed E-state index contributed by atoms with van der Waals surface area (Å²) >= 11 is 0. The number of nitrogens with two attached hydrogens (primary N) is 2. The highest BCUT2D eigenvalue weighted by Gasteiger charge is 2.45. The third-order valence-electron chi connectivity index (χ3n) is 11.3. The van der Waals surface area contributed by atoms with E-state index in [2.05, 4.69) is 47.6 Å². The number of primary amides is 1. The first kappa shape index (κ1) is 35.7. The smallest absolute Gasteiger partial charge is 0.223 e. The van der Waals surface area contributed by atoms with Gasteiger partial charge in [-0.3, -0.25) is 19.2 Å². The number of carbonyl (C=O) groups excluding carboxylic acids is 1. The summed E-state index contributed by atoms with van der Waals surface area (Å²) in [6, 6.07) is 6.42. The number of H-pyrrole nitrogens is 1. The Kier molecular flexibility index (Phi) is 10.3. The fourth-order valence-electron chi connectivity index (χ4n) is 7.92. The van der Waals surface area contributed by atoms with Gasteiger partial charge in [-0.05, 0) is 68.8 Å². The van der Waals surface area contributed by atoms with Crippen LogP contribution in [0.4, 0.5) is 5.82 Å². The summed E-state index contributed by atoms with van der Waals surface area (Å²) < 4.78 is 8.04. The predicted molar refractivity (Wildman–Crippen MR) is 193 cm³/mol. The number of likely N-dealkylation sites (tertiary alicyclic amines) is 2. The van der Waals surface area contributed by atoms with Gasteiger partial charge >= 0.3 is 0 Å². The van der Waals surface area contributed by atoms with Gasteiger partial charge in [-0.2, -0.15) is 0 Å². The molecular weight excluding hydrogens is 650 g/mol. The Bertz CT molecular complexity index is 1810. The largest absolute Gasteiger partial charge is 0.387 e. The van der Waals surface area contributed by atoms with E-state index in [0.717, 1.165) is 87.0 Å². The lowest BCUT2D eigenvalue weighted by atomic mass is 9.85. The molecule has 0 unspecified atom stereocenters. The molecule has 0 aliphatic carbocycles. The van der Waals surface area contributed by atoms with Gasteiger partial charge in [-0.1, -0.05) is 26.8 Å². The van der Waals surface area contributed by atoms with Gasteiger partial charge in [0.2, 0.25) is 5.91 Å². The molecule has 4 atom stereocenters. The summed E-state index contributed by atoms with van der Waals surface area (Å²) in [6.07, 6.45) is 4.21. The number of hydrogen-bond acceptors (Lipinski definition) is 12. The number of anilines is 1. The fourth-order valence-corrected chi connectivity index (χ4v) is 7.92. The van der Waals surface area contributed by atoms with Crippen LogP contribution in [0.25, 0.3) is 22.2 Å². The number of rotatable bonds is 12. The van der Waals surface area contributed by atoms with Gasteiger partial charge < -0.3 is 36.3 Å². The summed E-state index contributed by atoms with van der Waals surface area (Å²) in [5.41, 5.74) is 14.8. The number of aliphatic hydroxyl groups excluding tert-OH is 2. The van der Waals surface area contributed by atoms with E-state index in [1.54, 1.807) is 4.57 Å².